The van der Waals surface area contributed by atoms with E-state index in [-0.39, 0.29) is 11.9 Å². The maximum Gasteiger partial charge on any atom is 0.230 e. The molecule has 2 aromatic rings. The van der Waals surface area contributed by atoms with Gasteiger partial charge in [-0.2, -0.15) is 0 Å². The first-order valence-electron chi connectivity index (χ1n) is 8.07. The molecular weight excluding hydrogens is 318 g/mol. The topological polar surface area (TPSA) is 38.3 Å². The molecule has 2 rings (SSSR count). The van der Waals surface area contributed by atoms with Crippen LogP contribution in [0.1, 0.15) is 35.2 Å². The van der Waals surface area contributed by atoms with Crippen LogP contribution in [0.15, 0.2) is 42.5 Å². The summed E-state index contributed by atoms with van der Waals surface area (Å²) in [6.07, 6.45) is 0. The van der Waals surface area contributed by atoms with Crippen molar-refractivity contribution in [3.63, 3.8) is 0 Å². The lowest BCUT2D eigenvalue weighted by atomic mass is 10.0. The molecule has 4 heteroatoms. The molecule has 0 fully saturated rings. The number of amides is 1. The summed E-state index contributed by atoms with van der Waals surface area (Å²) in [5, 5.41) is 3.05. The van der Waals surface area contributed by atoms with Crippen LogP contribution in [0, 0.1) is 13.8 Å². The van der Waals surface area contributed by atoms with Gasteiger partial charge in [0, 0.05) is 11.3 Å². The van der Waals surface area contributed by atoms with E-state index in [9.17, 15) is 4.79 Å². The van der Waals surface area contributed by atoms with Crippen LogP contribution in [0.4, 0.5) is 0 Å². The highest BCUT2D eigenvalue weighted by Crippen LogP contribution is 2.26. The number of nitrogens with one attached hydrogen (secondary N) is 1. The Labute approximate surface area is 148 Å². The van der Waals surface area contributed by atoms with Gasteiger partial charge >= 0.3 is 0 Å². The minimum Gasteiger partial charge on any atom is -0.496 e. The summed E-state index contributed by atoms with van der Waals surface area (Å²) in [5.41, 5.74) is 4.66. The second-order valence-electron chi connectivity index (χ2n) is 6.01. The quantitative estimate of drug-likeness (QED) is 0.808. The molecule has 3 nitrogen and oxygen atoms in total. The molecule has 0 saturated heterocycles. The van der Waals surface area contributed by atoms with Crippen molar-refractivity contribution in [1.82, 2.24) is 5.32 Å². The minimum absolute atomic E-state index is 0.0446. The number of hydrogen-bond donors (Lipinski definition) is 1. The molecule has 0 aromatic heterocycles. The van der Waals surface area contributed by atoms with E-state index in [2.05, 4.69) is 42.6 Å². The highest BCUT2D eigenvalue weighted by Gasteiger charge is 2.14. The third-order valence-electron chi connectivity index (χ3n) is 3.85. The fourth-order valence-corrected chi connectivity index (χ4v) is 3.30. The van der Waals surface area contributed by atoms with Gasteiger partial charge in [-0.05, 0) is 32.4 Å². The molecular formula is C20H25NO2S. The maximum atomic E-state index is 12.2. The van der Waals surface area contributed by atoms with Gasteiger partial charge in [-0.25, -0.2) is 0 Å². The first-order valence-corrected chi connectivity index (χ1v) is 9.22. The summed E-state index contributed by atoms with van der Waals surface area (Å²) >= 11 is 1.63. The average molecular weight is 343 g/mol. The van der Waals surface area contributed by atoms with Crippen LogP contribution in [0.25, 0.3) is 0 Å². The Balaban J connectivity index is 1.85. The van der Waals surface area contributed by atoms with Crippen molar-refractivity contribution in [3.8, 4) is 5.75 Å². The zero-order valence-electron chi connectivity index (χ0n) is 14.8. The predicted molar refractivity (Wildman–Crippen MR) is 102 cm³/mol. The van der Waals surface area contributed by atoms with Gasteiger partial charge in [0.1, 0.15) is 5.75 Å². The number of hydrogen-bond acceptors (Lipinski definition) is 3. The lowest BCUT2D eigenvalue weighted by molar-refractivity contribution is -0.119. The molecule has 1 amide bonds. The Bertz CT molecular complexity index is 683. The maximum absolute atomic E-state index is 12.2. The molecule has 1 N–H and O–H groups in total. The number of carbonyl (C=O) groups excluding carboxylic acids is 1. The standard InChI is InChI=1S/C20H25NO2S/c1-14-5-8-17(9-6-14)12-24-13-20(22)21-16(3)18-11-15(2)7-10-19(18)23-4/h5-11,16H,12-13H2,1-4H3,(H,21,22)/t16-/m1/s1. The molecule has 0 aliphatic rings. The van der Waals surface area contributed by atoms with Gasteiger partial charge in [0.2, 0.25) is 5.91 Å². The van der Waals surface area contributed by atoms with Gasteiger partial charge < -0.3 is 10.1 Å². The summed E-state index contributed by atoms with van der Waals surface area (Å²) < 4.78 is 5.40. The van der Waals surface area contributed by atoms with Crippen LogP contribution in [-0.4, -0.2) is 18.8 Å². The van der Waals surface area contributed by atoms with Crippen molar-refractivity contribution in [2.24, 2.45) is 0 Å². The summed E-state index contributed by atoms with van der Waals surface area (Å²) in [5.74, 6) is 2.14. The van der Waals surface area contributed by atoms with E-state index < -0.39 is 0 Å². The van der Waals surface area contributed by atoms with Crippen molar-refractivity contribution in [2.45, 2.75) is 32.6 Å². The van der Waals surface area contributed by atoms with Gasteiger partial charge in [-0.1, -0.05) is 47.5 Å². The smallest absolute Gasteiger partial charge is 0.230 e. The SMILES string of the molecule is COc1ccc(C)cc1[C@@H](C)NC(=O)CSCc1ccc(C)cc1. The van der Waals surface area contributed by atoms with E-state index in [1.54, 1.807) is 18.9 Å². The van der Waals surface area contributed by atoms with E-state index in [0.717, 1.165) is 22.6 Å². The average Bonchev–Trinajstić information content (AvgIpc) is 2.56. The number of carbonyl (C=O) groups is 1. The molecule has 0 aliphatic carbocycles. The lowest BCUT2D eigenvalue weighted by Crippen LogP contribution is -2.28. The summed E-state index contributed by atoms with van der Waals surface area (Å²) in [6, 6.07) is 14.4. The van der Waals surface area contributed by atoms with Crippen molar-refractivity contribution in [3.05, 3.63) is 64.7 Å². The van der Waals surface area contributed by atoms with E-state index >= 15 is 0 Å². The fraction of sp³-hybridized carbons (Fsp3) is 0.350. The molecule has 0 heterocycles. The molecule has 2 aromatic carbocycles. The molecule has 0 aliphatic heterocycles. The Kier molecular flexibility index (Phi) is 6.73. The first kappa shape index (κ1) is 18.4. The Morgan fingerprint density at radius 2 is 1.79 bits per heavy atom. The van der Waals surface area contributed by atoms with E-state index in [1.807, 2.05) is 26.0 Å². The van der Waals surface area contributed by atoms with Gasteiger partial charge in [-0.15, -0.1) is 11.8 Å². The summed E-state index contributed by atoms with van der Waals surface area (Å²) in [4.78, 5) is 12.2. The van der Waals surface area contributed by atoms with Gasteiger partial charge in [0.25, 0.3) is 0 Å². The van der Waals surface area contributed by atoms with Crippen molar-refractivity contribution in [2.75, 3.05) is 12.9 Å². The lowest BCUT2D eigenvalue weighted by Gasteiger charge is -2.18. The van der Waals surface area contributed by atoms with Crippen LogP contribution in [-0.2, 0) is 10.5 Å². The first-order chi connectivity index (χ1) is 11.5. The largest absolute Gasteiger partial charge is 0.496 e. The summed E-state index contributed by atoms with van der Waals surface area (Å²) in [7, 11) is 1.65. The molecule has 1 atom stereocenters. The monoisotopic (exact) mass is 343 g/mol. The summed E-state index contributed by atoms with van der Waals surface area (Å²) in [6.45, 7) is 6.10. The predicted octanol–water partition coefficient (Wildman–Crippen LogP) is 4.42. The normalized spacial score (nSPS) is 11.8. The number of thioether (sulfide) groups is 1. The number of ether oxygens (including phenoxy) is 1. The second kappa shape index (κ2) is 8.78. The van der Waals surface area contributed by atoms with Crippen LogP contribution < -0.4 is 10.1 Å². The van der Waals surface area contributed by atoms with Crippen LogP contribution in [0.5, 0.6) is 5.75 Å². The zero-order valence-corrected chi connectivity index (χ0v) is 15.6. The Morgan fingerprint density at radius 1 is 1.12 bits per heavy atom. The number of benzene rings is 2. The second-order valence-corrected chi connectivity index (χ2v) is 7.00. The molecule has 24 heavy (non-hydrogen) atoms. The number of rotatable bonds is 7. The van der Waals surface area contributed by atoms with Gasteiger partial charge in [-0.3, -0.25) is 4.79 Å². The Hall–Kier alpha value is -1.94. The van der Waals surface area contributed by atoms with Crippen LogP contribution in [0.3, 0.4) is 0 Å². The Morgan fingerprint density at radius 3 is 2.46 bits per heavy atom. The third kappa shape index (κ3) is 5.31. The zero-order chi connectivity index (χ0) is 17.5. The van der Waals surface area contributed by atoms with E-state index in [4.69, 9.17) is 4.74 Å². The highest BCUT2D eigenvalue weighted by molar-refractivity contribution is 7.99. The number of methoxy groups -OCH3 is 1. The number of aryl methyl sites for hydroxylation is 2. The fourth-order valence-electron chi connectivity index (χ4n) is 2.50. The molecule has 0 bridgehead atoms. The third-order valence-corrected chi connectivity index (χ3v) is 4.86. The molecule has 0 spiro atoms. The van der Waals surface area contributed by atoms with Crippen molar-refractivity contribution in [1.29, 1.82) is 0 Å². The van der Waals surface area contributed by atoms with Crippen LogP contribution in [0.2, 0.25) is 0 Å². The van der Waals surface area contributed by atoms with Crippen molar-refractivity contribution < 1.29 is 9.53 Å². The van der Waals surface area contributed by atoms with Crippen molar-refractivity contribution >= 4 is 17.7 Å². The molecule has 128 valence electrons. The van der Waals surface area contributed by atoms with E-state index in [0.29, 0.717) is 5.75 Å². The molecule has 0 saturated carbocycles. The highest BCUT2D eigenvalue weighted by atomic mass is 32.2. The minimum atomic E-state index is -0.0766. The van der Waals surface area contributed by atoms with Gasteiger partial charge in [0.05, 0.1) is 18.9 Å². The van der Waals surface area contributed by atoms with Crippen LogP contribution >= 0.6 is 11.8 Å². The van der Waals surface area contributed by atoms with Gasteiger partial charge in [0.15, 0.2) is 0 Å². The molecule has 0 unspecified atom stereocenters. The van der Waals surface area contributed by atoms with E-state index in [1.165, 1.54) is 11.1 Å². The molecule has 0 radical (unpaired) electrons.